The molecular formula is C20H23ClN3O3+. The number of nitrogens with one attached hydrogen (secondary N) is 2. The molecule has 2 N–H and O–H groups in total. The lowest BCUT2D eigenvalue weighted by atomic mass is 9.75. The number of para-hydroxylation sites is 1. The average molecular weight is 389 g/mol. The van der Waals surface area contributed by atoms with Crippen molar-refractivity contribution in [3.8, 4) is 0 Å². The van der Waals surface area contributed by atoms with Crippen molar-refractivity contribution in [1.82, 2.24) is 4.90 Å². The Morgan fingerprint density at radius 3 is 2.85 bits per heavy atom. The molecule has 4 aliphatic heterocycles. The number of carbonyl (C=O) groups is 3. The van der Waals surface area contributed by atoms with Gasteiger partial charge < -0.3 is 10.2 Å². The molecule has 0 saturated carbocycles. The first kappa shape index (κ1) is 17.2. The summed E-state index contributed by atoms with van der Waals surface area (Å²) in [6, 6.07) is 5.33. The van der Waals surface area contributed by atoms with Gasteiger partial charge in [-0.1, -0.05) is 24.6 Å². The SMILES string of the molecule is CC[C@H](C)N1C(=O)[C@H]2[C@@H](C1=O)[C@]1(C(=O)Nc3c(Cl)cccc31)[NH+]1CCC[C@@H]21. The molecule has 1 spiro atoms. The number of imide groups is 1. The Kier molecular flexibility index (Phi) is 3.53. The van der Waals surface area contributed by atoms with Crippen molar-refractivity contribution in [2.24, 2.45) is 11.8 Å². The highest BCUT2D eigenvalue weighted by Gasteiger charge is 2.78. The molecule has 6 nitrogen and oxygen atoms in total. The molecule has 1 aromatic rings. The molecule has 3 amide bonds. The second-order valence-corrected chi connectivity index (χ2v) is 8.66. The zero-order valence-corrected chi connectivity index (χ0v) is 16.2. The fraction of sp³-hybridized carbons (Fsp3) is 0.550. The van der Waals surface area contributed by atoms with E-state index in [1.165, 1.54) is 4.90 Å². The second kappa shape index (κ2) is 5.55. The number of amides is 3. The van der Waals surface area contributed by atoms with Gasteiger partial charge in [0.1, 0.15) is 17.9 Å². The first-order valence-electron chi connectivity index (χ1n) is 9.78. The van der Waals surface area contributed by atoms with E-state index in [2.05, 4.69) is 5.32 Å². The maximum Gasteiger partial charge on any atom is 0.291 e. The zero-order chi connectivity index (χ0) is 19.1. The van der Waals surface area contributed by atoms with E-state index in [-0.39, 0.29) is 29.8 Å². The Hall–Kier alpha value is -1.92. The molecule has 6 atom stereocenters. The molecule has 1 unspecified atom stereocenters. The number of carbonyl (C=O) groups excluding carboxylic acids is 3. The van der Waals surface area contributed by atoms with E-state index in [9.17, 15) is 14.4 Å². The molecule has 0 aliphatic carbocycles. The third-order valence-corrected chi connectivity index (χ3v) is 7.58. The third-order valence-electron chi connectivity index (χ3n) is 7.27. The maximum atomic E-state index is 13.5. The van der Waals surface area contributed by atoms with Gasteiger partial charge in [0, 0.05) is 24.4 Å². The third kappa shape index (κ3) is 1.83. The lowest BCUT2D eigenvalue weighted by Gasteiger charge is -2.34. The van der Waals surface area contributed by atoms with E-state index in [0.717, 1.165) is 29.8 Å². The largest absolute Gasteiger partial charge is 0.318 e. The Morgan fingerprint density at radius 1 is 1.33 bits per heavy atom. The highest BCUT2D eigenvalue weighted by atomic mass is 35.5. The number of benzene rings is 1. The van der Waals surface area contributed by atoms with Crippen LogP contribution in [0.1, 0.15) is 38.7 Å². The fourth-order valence-electron chi connectivity index (χ4n) is 6.09. The molecule has 7 heteroatoms. The summed E-state index contributed by atoms with van der Waals surface area (Å²) < 4.78 is 0. The van der Waals surface area contributed by atoms with E-state index in [1.807, 2.05) is 26.0 Å². The van der Waals surface area contributed by atoms with Crippen molar-refractivity contribution >= 4 is 35.0 Å². The second-order valence-electron chi connectivity index (χ2n) is 8.26. The van der Waals surface area contributed by atoms with Crippen LogP contribution >= 0.6 is 11.6 Å². The van der Waals surface area contributed by atoms with Gasteiger partial charge >= 0.3 is 0 Å². The first-order chi connectivity index (χ1) is 12.9. The Morgan fingerprint density at radius 2 is 2.11 bits per heavy atom. The van der Waals surface area contributed by atoms with Gasteiger partial charge in [0.2, 0.25) is 17.4 Å². The van der Waals surface area contributed by atoms with Crippen molar-refractivity contribution in [2.75, 3.05) is 11.9 Å². The summed E-state index contributed by atoms with van der Waals surface area (Å²) in [4.78, 5) is 42.7. The van der Waals surface area contributed by atoms with Crippen LogP contribution in [0.2, 0.25) is 5.02 Å². The van der Waals surface area contributed by atoms with Gasteiger partial charge in [-0.2, -0.15) is 0 Å². The molecular weight excluding hydrogens is 366 g/mol. The molecule has 0 aromatic heterocycles. The van der Waals surface area contributed by atoms with Crippen LogP contribution in [-0.4, -0.2) is 41.2 Å². The average Bonchev–Trinajstić information content (AvgIpc) is 3.34. The summed E-state index contributed by atoms with van der Waals surface area (Å²) in [7, 11) is 0. The van der Waals surface area contributed by atoms with Crippen LogP contribution in [0.5, 0.6) is 0 Å². The summed E-state index contributed by atoms with van der Waals surface area (Å²) >= 11 is 6.36. The number of halogens is 1. The first-order valence-corrected chi connectivity index (χ1v) is 10.2. The minimum Gasteiger partial charge on any atom is -0.318 e. The number of nitrogens with zero attached hydrogens (tertiary/aromatic N) is 1. The van der Waals surface area contributed by atoms with Crippen molar-refractivity contribution in [1.29, 1.82) is 0 Å². The number of quaternary nitrogens is 1. The number of rotatable bonds is 2. The molecule has 4 heterocycles. The summed E-state index contributed by atoms with van der Waals surface area (Å²) in [6.45, 7) is 4.67. The van der Waals surface area contributed by atoms with E-state index in [4.69, 9.17) is 11.6 Å². The molecule has 5 rings (SSSR count). The highest BCUT2D eigenvalue weighted by molar-refractivity contribution is 6.35. The minimum atomic E-state index is -1.04. The molecule has 0 bridgehead atoms. The summed E-state index contributed by atoms with van der Waals surface area (Å²) in [5.41, 5.74) is 0.341. The number of likely N-dealkylation sites (tertiary alicyclic amines) is 1. The van der Waals surface area contributed by atoms with E-state index < -0.39 is 17.4 Å². The van der Waals surface area contributed by atoms with Crippen molar-refractivity contribution in [3.63, 3.8) is 0 Å². The summed E-state index contributed by atoms with van der Waals surface area (Å²) in [5, 5.41) is 3.42. The normalized spacial score (nSPS) is 37.6. The fourth-order valence-corrected chi connectivity index (χ4v) is 6.31. The monoisotopic (exact) mass is 388 g/mol. The van der Waals surface area contributed by atoms with Gasteiger partial charge in [-0.15, -0.1) is 0 Å². The van der Waals surface area contributed by atoms with E-state index >= 15 is 0 Å². The Bertz CT molecular complexity index is 887. The maximum absolute atomic E-state index is 13.5. The number of anilines is 1. The van der Waals surface area contributed by atoms with Crippen LogP contribution in [0.3, 0.4) is 0 Å². The Labute approximate surface area is 162 Å². The number of hydrogen-bond acceptors (Lipinski definition) is 3. The topological polar surface area (TPSA) is 70.9 Å². The van der Waals surface area contributed by atoms with Crippen LogP contribution in [0.15, 0.2) is 18.2 Å². The quantitative estimate of drug-likeness (QED) is 0.741. The molecule has 4 aliphatic rings. The van der Waals surface area contributed by atoms with Crippen LogP contribution in [0.25, 0.3) is 0 Å². The molecule has 142 valence electrons. The van der Waals surface area contributed by atoms with Crippen molar-refractivity contribution < 1.29 is 19.3 Å². The molecule has 1 aromatic carbocycles. The lowest BCUT2D eigenvalue weighted by molar-refractivity contribution is -0.948. The summed E-state index contributed by atoms with van der Waals surface area (Å²) in [6.07, 6.45) is 2.54. The predicted molar refractivity (Wildman–Crippen MR) is 99.2 cm³/mol. The standard InChI is InChI=1S/C20H22ClN3O3/c1-3-10(2)24-17(25)14-13-8-5-9-23(13)20(15(14)18(24)26)11-6-4-7-12(21)16(11)22-19(20)27/h4,6-7,10,13-15H,3,5,8-9H2,1-2H3,(H,22,27)/p+1/t10-,13-,14+,15-,20+/m0/s1. The number of fused-ring (bicyclic) bond motifs is 7. The molecule has 3 fully saturated rings. The van der Waals surface area contributed by atoms with Gasteiger partial charge in [0.05, 0.1) is 17.3 Å². The van der Waals surface area contributed by atoms with E-state index in [1.54, 1.807) is 6.07 Å². The van der Waals surface area contributed by atoms with Gasteiger partial charge in [-0.3, -0.25) is 19.3 Å². The van der Waals surface area contributed by atoms with Gasteiger partial charge in [0.15, 0.2) is 0 Å². The van der Waals surface area contributed by atoms with Crippen molar-refractivity contribution in [2.45, 2.75) is 50.7 Å². The van der Waals surface area contributed by atoms with Gasteiger partial charge in [-0.05, 0) is 25.5 Å². The zero-order valence-electron chi connectivity index (χ0n) is 15.4. The van der Waals surface area contributed by atoms with Crippen LogP contribution in [0, 0.1) is 11.8 Å². The van der Waals surface area contributed by atoms with Crippen LogP contribution < -0.4 is 10.2 Å². The Balaban J connectivity index is 1.74. The minimum absolute atomic E-state index is 0.0104. The van der Waals surface area contributed by atoms with Gasteiger partial charge in [-0.25, -0.2) is 0 Å². The molecule has 0 radical (unpaired) electrons. The predicted octanol–water partition coefficient (Wildman–Crippen LogP) is 0.948. The number of hydrogen-bond donors (Lipinski definition) is 2. The highest BCUT2D eigenvalue weighted by Crippen LogP contribution is 2.53. The molecule has 27 heavy (non-hydrogen) atoms. The van der Waals surface area contributed by atoms with Crippen molar-refractivity contribution in [3.05, 3.63) is 28.8 Å². The van der Waals surface area contributed by atoms with Crippen LogP contribution in [0.4, 0.5) is 5.69 Å². The smallest absolute Gasteiger partial charge is 0.291 e. The summed E-state index contributed by atoms with van der Waals surface area (Å²) in [5.74, 6) is -1.53. The van der Waals surface area contributed by atoms with Gasteiger partial charge in [0.25, 0.3) is 5.91 Å². The van der Waals surface area contributed by atoms with E-state index in [0.29, 0.717) is 17.1 Å². The molecule has 3 saturated heterocycles. The lowest BCUT2D eigenvalue weighted by Crippen LogP contribution is -3.19. The van der Waals surface area contributed by atoms with Crippen LogP contribution in [-0.2, 0) is 19.9 Å².